The molecule has 0 bridgehead atoms. The average Bonchev–Trinajstić information content (AvgIpc) is 2.37. The second kappa shape index (κ2) is 6.35. The number of rotatable bonds is 4. The van der Waals surface area contributed by atoms with Crippen molar-refractivity contribution in [2.75, 3.05) is 31.9 Å². The minimum absolute atomic E-state index is 0.182. The van der Waals surface area contributed by atoms with E-state index in [0.29, 0.717) is 17.5 Å². The van der Waals surface area contributed by atoms with Crippen molar-refractivity contribution in [3.63, 3.8) is 0 Å². The summed E-state index contributed by atoms with van der Waals surface area (Å²) in [5, 5.41) is 3.35. The van der Waals surface area contributed by atoms with Crippen LogP contribution in [0.15, 0.2) is 33.6 Å². The maximum absolute atomic E-state index is 12.2. The Morgan fingerprint density at radius 3 is 2.68 bits per heavy atom. The van der Waals surface area contributed by atoms with Gasteiger partial charge in [-0.05, 0) is 31.2 Å². The topological polar surface area (TPSA) is 49.4 Å². The highest BCUT2D eigenvalue weighted by atomic mass is 79.9. The standard InChI is InChI=1S/C13H19BrN2O2S/c1-11-10-16(7-6-15-11)8-9-19(17,18)13-4-2-12(14)3-5-13/h2-5,11,15H,6-10H2,1H3. The number of halogens is 1. The zero-order valence-electron chi connectivity index (χ0n) is 11.0. The molecule has 0 saturated carbocycles. The van der Waals surface area contributed by atoms with Crippen LogP contribution < -0.4 is 5.32 Å². The first-order chi connectivity index (χ1) is 8.97. The van der Waals surface area contributed by atoms with Gasteiger partial charge >= 0.3 is 0 Å². The van der Waals surface area contributed by atoms with E-state index in [-0.39, 0.29) is 5.75 Å². The minimum Gasteiger partial charge on any atom is -0.312 e. The average molecular weight is 347 g/mol. The molecule has 1 N–H and O–H groups in total. The van der Waals surface area contributed by atoms with Gasteiger partial charge in [0, 0.05) is 36.7 Å². The third-order valence-electron chi connectivity index (χ3n) is 3.30. The van der Waals surface area contributed by atoms with Crippen molar-refractivity contribution in [2.24, 2.45) is 0 Å². The van der Waals surface area contributed by atoms with E-state index in [1.165, 1.54) is 0 Å². The fourth-order valence-corrected chi connectivity index (χ4v) is 3.77. The molecular weight excluding hydrogens is 328 g/mol. The van der Waals surface area contributed by atoms with Crippen molar-refractivity contribution in [3.8, 4) is 0 Å². The predicted molar refractivity (Wildman–Crippen MR) is 80.1 cm³/mol. The van der Waals surface area contributed by atoms with Crippen molar-refractivity contribution in [2.45, 2.75) is 17.9 Å². The van der Waals surface area contributed by atoms with E-state index in [1.54, 1.807) is 24.3 Å². The van der Waals surface area contributed by atoms with Crippen LogP contribution in [0.5, 0.6) is 0 Å². The molecule has 1 aliphatic heterocycles. The summed E-state index contributed by atoms with van der Waals surface area (Å²) in [4.78, 5) is 2.61. The van der Waals surface area contributed by atoms with Crippen LogP contribution in [-0.2, 0) is 9.84 Å². The van der Waals surface area contributed by atoms with Gasteiger partial charge in [-0.1, -0.05) is 15.9 Å². The van der Waals surface area contributed by atoms with Crippen LogP contribution in [0, 0.1) is 0 Å². The molecule has 0 spiro atoms. The molecule has 1 fully saturated rings. The Labute approximate surface area is 123 Å². The fraction of sp³-hybridized carbons (Fsp3) is 0.538. The van der Waals surface area contributed by atoms with E-state index in [4.69, 9.17) is 0 Å². The van der Waals surface area contributed by atoms with Crippen molar-refractivity contribution < 1.29 is 8.42 Å². The molecule has 0 amide bonds. The monoisotopic (exact) mass is 346 g/mol. The number of nitrogens with zero attached hydrogens (tertiary/aromatic N) is 1. The van der Waals surface area contributed by atoms with Gasteiger partial charge in [0.05, 0.1) is 10.6 Å². The normalized spacial score (nSPS) is 21.5. The van der Waals surface area contributed by atoms with Crippen molar-refractivity contribution in [1.29, 1.82) is 0 Å². The first-order valence-corrected chi connectivity index (χ1v) is 8.86. The lowest BCUT2D eigenvalue weighted by Crippen LogP contribution is -2.50. The van der Waals surface area contributed by atoms with E-state index >= 15 is 0 Å². The van der Waals surface area contributed by atoms with E-state index in [9.17, 15) is 8.42 Å². The molecule has 0 aliphatic carbocycles. The molecule has 19 heavy (non-hydrogen) atoms. The van der Waals surface area contributed by atoms with Gasteiger partial charge in [-0.2, -0.15) is 0 Å². The predicted octanol–water partition coefficient (Wildman–Crippen LogP) is 1.52. The second-order valence-electron chi connectivity index (χ2n) is 4.93. The molecule has 1 atom stereocenters. The number of hydrogen-bond donors (Lipinski definition) is 1. The van der Waals surface area contributed by atoms with Gasteiger partial charge in [-0.15, -0.1) is 0 Å². The van der Waals surface area contributed by atoms with Crippen molar-refractivity contribution in [3.05, 3.63) is 28.7 Å². The van der Waals surface area contributed by atoms with Crippen molar-refractivity contribution in [1.82, 2.24) is 10.2 Å². The lowest BCUT2D eigenvalue weighted by atomic mass is 10.2. The van der Waals surface area contributed by atoms with Crippen LogP contribution in [0.1, 0.15) is 6.92 Å². The Kier molecular flexibility index (Phi) is 5.00. The van der Waals surface area contributed by atoms with E-state index < -0.39 is 9.84 Å². The summed E-state index contributed by atoms with van der Waals surface area (Å²) in [6.45, 7) is 5.48. The van der Waals surface area contributed by atoms with Gasteiger partial charge in [-0.3, -0.25) is 4.90 Å². The highest BCUT2D eigenvalue weighted by Gasteiger charge is 2.19. The molecule has 1 saturated heterocycles. The number of hydrogen-bond acceptors (Lipinski definition) is 4. The number of piperazine rings is 1. The number of benzene rings is 1. The molecule has 1 aliphatic rings. The molecule has 1 unspecified atom stereocenters. The quantitative estimate of drug-likeness (QED) is 0.897. The summed E-state index contributed by atoms with van der Waals surface area (Å²) in [6, 6.07) is 7.27. The summed E-state index contributed by atoms with van der Waals surface area (Å²) >= 11 is 3.31. The molecule has 4 nitrogen and oxygen atoms in total. The summed E-state index contributed by atoms with van der Waals surface area (Å²) in [5.41, 5.74) is 0. The first-order valence-electron chi connectivity index (χ1n) is 6.41. The highest BCUT2D eigenvalue weighted by molar-refractivity contribution is 9.10. The molecule has 1 aromatic rings. The van der Waals surface area contributed by atoms with Crippen LogP contribution in [0.4, 0.5) is 0 Å². The molecule has 106 valence electrons. The van der Waals surface area contributed by atoms with Gasteiger partial charge in [0.25, 0.3) is 0 Å². The zero-order valence-corrected chi connectivity index (χ0v) is 13.4. The van der Waals surface area contributed by atoms with Gasteiger partial charge < -0.3 is 5.32 Å². The van der Waals surface area contributed by atoms with Crippen LogP contribution in [0.25, 0.3) is 0 Å². The zero-order chi connectivity index (χ0) is 13.9. The molecular formula is C13H19BrN2O2S. The Morgan fingerprint density at radius 1 is 1.37 bits per heavy atom. The Morgan fingerprint density at radius 2 is 2.05 bits per heavy atom. The summed E-state index contributed by atoms with van der Waals surface area (Å²) in [7, 11) is -3.18. The second-order valence-corrected chi connectivity index (χ2v) is 7.95. The number of nitrogens with one attached hydrogen (secondary N) is 1. The Balaban J connectivity index is 1.96. The lowest BCUT2D eigenvalue weighted by molar-refractivity contribution is 0.217. The van der Waals surface area contributed by atoms with E-state index in [2.05, 4.69) is 33.1 Å². The van der Waals surface area contributed by atoms with Gasteiger partial charge in [-0.25, -0.2) is 8.42 Å². The number of sulfone groups is 1. The van der Waals surface area contributed by atoms with Crippen LogP contribution >= 0.6 is 15.9 Å². The first kappa shape index (κ1) is 15.0. The SMILES string of the molecule is CC1CN(CCS(=O)(=O)c2ccc(Br)cc2)CCN1. The molecule has 6 heteroatoms. The third-order valence-corrected chi connectivity index (χ3v) is 5.54. The van der Waals surface area contributed by atoms with Crippen molar-refractivity contribution >= 4 is 25.8 Å². The van der Waals surface area contributed by atoms with Crippen LogP contribution in [-0.4, -0.2) is 51.3 Å². The molecule has 1 heterocycles. The molecule has 2 rings (SSSR count). The van der Waals surface area contributed by atoms with Gasteiger partial charge in [0.15, 0.2) is 9.84 Å². The van der Waals surface area contributed by atoms with Crippen LogP contribution in [0.2, 0.25) is 0 Å². The van der Waals surface area contributed by atoms with Gasteiger partial charge in [0.1, 0.15) is 0 Å². The maximum Gasteiger partial charge on any atom is 0.179 e. The third kappa shape index (κ3) is 4.27. The Hall–Kier alpha value is -0.430. The van der Waals surface area contributed by atoms with E-state index in [0.717, 1.165) is 24.1 Å². The minimum atomic E-state index is -3.18. The fourth-order valence-electron chi connectivity index (χ4n) is 2.22. The van der Waals surface area contributed by atoms with Gasteiger partial charge in [0.2, 0.25) is 0 Å². The summed E-state index contributed by atoms with van der Waals surface area (Å²) in [5.74, 6) is 0.182. The molecule has 0 aromatic heterocycles. The largest absolute Gasteiger partial charge is 0.312 e. The smallest absolute Gasteiger partial charge is 0.179 e. The summed E-state index contributed by atoms with van der Waals surface area (Å²) in [6.07, 6.45) is 0. The van der Waals surface area contributed by atoms with Crippen LogP contribution in [0.3, 0.4) is 0 Å². The molecule has 0 radical (unpaired) electrons. The summed E-state index contributed by atoms with van der Waals surface area (Å²) < 4.78 is 25.3. The van der Waals surface area contributed by atoms with E-state index in [1.807, 2.05) is 0 Å². The highest BCUT2D eigenvalue weighted by Crippen LogP contribution is 2.16. The lowest BCUT2D eigenvalue weighted by Gasteiger charge is -2.31. The maximum atomic E-state index is 12.2. The molecule has 1 aromatic carbocycles. The Bertz CT molecular complexity index is 516.